The average molecular weight is 213 g/mol. The molecule has 1 nitrogen and oxygen atoms in total. The first-order valence-corrected chi connectivity index (χ1v) is 4.90. The number of hydrogen-bond acceptors (Lipinski definition) is 1. The lowest BCUT2D eigenvalue weighted by atomic mass is 9.90. The van der Waals surface area contributed by atoms with E-state index in [9.17, 15) is 8.78 Å². The molecule has 0 saturated carbocycles. The third kappa shape index (κ3) is 2.75. The van der Waals surface area contributed by atoms with Crippen LogP contribution in [0, 0.1) is 5.82 Å². The molecule has 2 N–H and O–H groups in total. The van der Waals surface area contributed by atoms with Crippen molar-refractivity contribution in [1.29, 1.82) is 0 Å². The van der Waals surface area contributed by atoms with E-state index in [-0.39, 0.29) is 0 Å². The summed E-state index contributed by atoms with van der Waals surface area (Å²) < 4.78 is 27.1. The SMILES string of the molecule is CC(C)(N)c1cc(C(C)(C)F)ccc1F. The molecule has 0 unspecified atom stereocenters. The lowest BCUT2D eigenvalue weighted by molar-refractivity contribution is 0.221. The predicted molar refractivity (Wildman–Crippen MR) is 57.7 cm³/mol. The quantitative estimate of drug-likeness (QED) is 0.802. The Balaban J connectivity index is 3.30. The van der Waals surface area contributed by atoms with Crippen molar-refractivity contribution in [1.82, 2.24) is 0 Å². The van der Waals surface area contributed by atoms with E-state index in [0.29, 0.717) is 11.1 Å². The van der Waals surface area contributed by atoms with Crippen molar-refractivity contribution >= 4 is 0 Å². The monoisotopic (exact) mass is 213 g/mol. The zero-order chi connectivity index (χ0) is 11.9. The highest BCUT2D eigenvalue weighted by molar-refractivity contribution is 5.32. The second-order valence-electron chi connectivity index (χ2n) is 4.89. The minimum absolute atomic E-state index is 0.339. The summed E-state index contributed by atoms with van der Waals surface area (Å²) in [5.41, 5.74) is 4.31. The van der Waals surface area contributed by atoms with Gasteiger partial charge in [0.25, 0.3) is 0 Å². The molecule has 1 aromatic rings. The normalized spacial score (nSPS) is 13.0. The maximum atomic E-state index is 13.7. The van der Waals surface area contributed by atoms with Gasteiger partial charge < -0.3 is 5.73 Å². The minimum atomic E-state index is -1.48. The highest BCUT2D eigenvalue weighted by Crippen LogP contribution is 2.29. The highest BCUT2D eigenvalue weighted by Gasteiger charge is 2.24. The van der Waals surface area contributed by atoms with Gasteiger partial charge in [-0.25, -0.2) is 8.78 Å². The van der Waals surface area contributed by atoms with E-state index >= 15 is 0 Å². The van der Waals surface area contributed by atoms with E-state index < -0.39 is 17.0 Å². The molecule has 0 aliphatic carbocycles. The Kier molecular flexibility index (Phi) is 2.88. The molecular formula is C12H17F2N. The molecule has 0 aliphatic rings. The van der Waals surface area contributed by atoms with Gasteiger partial charge in [-0.15, -0.1) is 0 Å². The number of nitrogens with two attached hydrogens (primary N) is 1. The van der Waals surface area contributed by atoms with Gasteiger partial charge in [-0.05, 0) is 45.4 Å². The summed E-state index contributed by atoms with van der Waals surface area (Å²) in [4.78, 5) is 0. The zero-order valence-corrected chi connectivity index (χ0v) is 9.57. The van der Waals surface area contributed by atoms with Crippen LogP contribution < -0.4 is 5.73 Å². The van der Waals surface area contributed by atoms with Crippen LogP contribution >= 0.6 is 0 Å². The molecule has 0 bridgehead atoms. The van der Waals surface area contributed by atoms with E-state index in [1.165, 1.54) is 32.0 Å². The summed E-state index contributed by atoms with van der Waals surface area (Å²) in [6, 6.07) is 4.21. The van der Waals surface area contributed by atoms with Gasteiger partial charge in [0.05, 0.1) is 0 Å². The molecule has 0 radical (unpaired) electrons. The molecule has 3 heteroatoms. The first kappa shape index (κ1) is 12.1. The average Bonchev–Trinajstić information content (AvgIpc) is 2.00. The van der Waals surface area contributed by atoms with Crippen LogP contribution in [0.3, 0.4) is 0 Å². The smallest absolute Gasteiger partial charge is 0.130 e. The molecule has 0 amide bonds. The van der Waals surface area contributed by atoms with Crippen molar-refractivity contribution in [2.75, 3.05) is 0 Å². The minimum Gasteiger partial charge on any atom is -0.322 e. The fraction of sp³-hybridized carbons (Fsp3) is 0.500. The van der Waals surface area contributed by atoms with E-state index in [0.717, 1.165) is 0 Å². The van der Waals surface area contributed by atoms with Gasteiger partial charge in [-0.1, -0.05) is 6.07 Å². The molecule has 0 aromatic heterocycles. The molecule has 0 atom stereocenters. The molecule has 0 fully saturated rings. The van der Waals surface area contributed by atoms with Crippen LogP contribution in [0.15, 0.2) is 18.2 Å². The molecule has 1 aromatic carbocycles. The van der Waals surface area contributed by atoms with Crippen molar-refractivity contribution in [3.8, 4) is 0 Å². The second kappa shape index (κ2) is 3.56. The molecule has 0 heterocycles. The first-order valence-electron chi connectivity index (χ1n) is 4.90. The van der Waals surface area contributed by atoms with Crippen LogP contribution in [0.4, 0.5) is 8.78 Å². The van der Waals surface area contributed by atoms with Crippen LogP contribution in [0.5, 0.6) is 0 Å². The topological polar surface area (TPSA) is 26.0 Å². The van der Waals surface area contributed by atoms with Gasteiger partial charge in [0.1, 0.15) is 11.5 Å². The summed E-state index contributed by atoms with van der Waals surface area (Å²) in [6.45, 7) is 6.27. The Morgan fingerprint density at radius 1 is 1.13 bits per heavy atom. The van der Waals surface area contributed by atoms with Gasteiger partial charge in [0.15, 0.2) is 0 Å². The second-order valence-corrected chi connectivity index (χ2v) is 4.89. The molecule has 0 saturated heterocycles. The van der Waals surface area contributed by atoms with Crippen molar-refractivity contribution in [2.45, 2.75) is 38.9 Å². The van der Waals surface area contributed by atoms with E-state index in [4.69, 9.17) is 5.73 Å². The van der Waals surface area contributed by atoms with Gasteiger partial charge in [-0.3, -0.25) is 0 Å². The molecule has 0 spiro atoms. The van der Waals surface area contributed by atoms with Crippen molar-refractivity contribution in [3.05, 3.63) is 35.1 Å². The molecular weight excluding hydrogens is 196 g/mol. The molecule has 1 rings (SSSR count). The Morgan fingerprint density at radius 3 is 2.07 bits per heavy atom. The van der Waals surface area contributed by atoms with E-state index in [2.05, 4.69) is 0 Å². The third-order valence-corrected chi connectivity index (χ3v) is 2.35. The number of hydrogen-bond donors (Lipinski definition) is 1. The van der Waals surface area contributed by atoms with Crippen LogP contribution in [0.2, 0.25) is 0 Å². The largest absolute Gasteiger partial charge is 0.322 e. The number of benzene rings is 1. The summed E-state index contributed by atoms with van der Waals surface area (Å²) in [6.07, 6.45) is 0. The maximum Gasteiger partial charge on any atom is 0.130 e. The Hall–Kier alpha value is -0.960. The van der Waals surface area contributed by atoms with Crippen LogP contribution in [-0.4, -0.2) is 0 Å². The van der Waals surface area contributed by atoms with Crippen molar-refractivity contribution in [3.63, 3.8) is 0 Å². The number of alkyl halides is 1. The van der Waals surface area contributed by atoms with Crippen LogP contribution in [-0.2, 0) is 11.2 Å². The molecule has 15 heavy (non-hydrogen) atoms. The van der Waals surface area contributed by atoms with Gasteiger partial charge in [0.2, 0.25) is 0 Å². The summed E-state index contributed by atoms with van der Waals surface area (Å²) in [7, 11) is 0. The standard InChI is InChI=1S/C12H17F2N/c1-11(2,14)8-5-6-10(13)9(7-8)12(3,4)15/h5-7H,15H2,1-4H3. The summed E-state index contributed by atoms with van der Waals surface area (Å²) in [5, 5.41) is 0. The molecule has 84 valence electrons. The van der Waals surface area contributed by atoms with Crippen LogP contribution in [0.1, 0.15) is 38.8 Å². The van der Waals surface area contributed by atoms with E-state index in [1.54, 1.807) is 13.8 Å². The Bertz CT molecular complexity index is 359. The fourth-order valence-electron chi connectivity index (χ4n) is 1.39. The maximum absolute atomic E-state index is 13.7. The number of rotatable bonds is 2. The van der Waals surface area contributed by atoms with E-state index in [1.807, 2.05) is 0 Å². The van der Waals surface area contributed by atoms with Gasteiger partial charge >= 0.3 is 0 Å². The van der Waals surface area contributed by atoms with Crippen molar-refractivity contribution in [2.24, 2.45) is 5.73 Å². The Morgan fingerprint density at radius 2 is 1.67 bits per heavy atom. The lowest BCUT2D eigenvalue weighted by Crippen LogP contribution is -2.30. The summed E-state index contributed by atoms with van der Waals surface area (Å²) >= 11 is 0. The third-order valence-electron chi connectivity index (χ3n) is 2.35. The predicted octanol–water partition coefficient (Wildman–Crippen LogP) is 3.22. The van der Waals surface area contributed by atoms with Crippen molar-refractivity contribution < 1.29 is 8.78 Å². The van der Waals surface area contributed by atoms with Gasteiger partial charge in [-0.2, -0.15) is 0 Å². The zero-order valence-electron chi connectivity index (χ0n) is 9.57. The fourth-order valence-corrected chi connectivity index (χ4v) is 1.39. The first-order chi connectivity index (χ1) is 6.62. The van der Waals surface area contributed by atoms with Crippen LogP contribution in [0.25, 0.3) is 0 Å². The Labute approximate surface area is 89.3 Å². The lowest BCUT2D eigenvalue weighted by Gasteiger charge is -2.23. The number of halogens is 2. The summed E-state index contributed by atoms with van der Waals surface area (Å²) in [5.74, 6) is -0.393. The molecule has 0 aliphatic heterocycles. The highest BCUT2D eigenvalue weighted by atomic mass is 19.1. The van der Waals surface area contributed by atoms with Gasteiger partial charge in [0, 0.05) is 11.1 Å².